The highest BCUT2D eigenvalue weighted by Gasteiger charge is 2.12. The molecule has 6 heteroatoms. The Kier molecular flexibility index (Phi) is 3.84. The van der Waals surface area contributed by atoms with Gasteiger partial charge in [-0.2, -0.15) is 0 Å². The number of rotatable bonds is 4. The third kappa shape index (κ3) is 2.81. The van der Waals surface area contributed by atoms with Crippen molar-refractivity contribution < 1.29 is 9.53 Å². The minimum Gasteiger partial charge on any atom is -0.465 e. The van der Waals surface area contributed by atoms with Crippen LogP contribution in [-0.4, -0.2) is 23.0 Å². The maximum Gasteiger partial charge on any atom is 0.339 e. The number of imidazole rings is 1. The Balaban J connectivity index is 2.19. The first kappa shape index (κ1) is 12.4. The number of aromatic nitrogens is 2. The molecule has 0 saturated carbocycles. The van der Waals surface area contributed by atoms with Gasteiger partial charge in [0.2, 0.25) is 0 Å². The number of hydrogen-bond donors (Lipinski definition) is 2. The fourth-order valence-electron chi connectivity index (χ4n) is 1.52. The minimum atomic E-state index is -0.409. The van der Waals surface area contributed by atoms with Crippen LogP contribution in [0.15, 0.2) is 30.6 Å². The predicted molar refractivity (Wildman–Crippen MR) is 68.7 cm³/mol. The van der Waals surface area contributed by atoms with Gasteiger partial charge in [0.1, 0.15) is 5.82 Å². The number of carbonyl (C=O) groups is 1. The van der Waals surface area contributed by atoms with Crippen LogP contribution in [0.3, 0.4) is 0 Å². The Morgan fingerprint density at radius 1 is 1.56 bits per heavy atom. The summed E-state index contributed by atoms with van der Waals surface area (Å²) in [5.41, 5.74) is 1.05. The van der Waals surface area contributed by atoms with Crippen LogP contribution in [0.1, 0.15) is 16.2 Å². The van der Waals surface area contributed by atoms with E-state index in [-0.39, 0.29) is 0 Å². The first-order valence-corrected chi connectivity index (χ1v) is 5.68. The number of aromatic amines is 1. The molecule has 0 aliphatic rings. The molecular weight excluding hydrogens is 254 g/mol. The summed E-state index contributed by atoms with van der Waals surface area (Å²) in [6, 6.07) is 4.95. The Bertz CT molecular complexity index is 540. The average molecular weight is 266 g/mol. The number of halogens is 1. The number of hydrogen-bond acceptors (Lipinski definition) is 4. The van der Waals surface area contributed by atoms with Gasteiger partial charge in [-0.05, 0) is 18.2 Å². The van der Waals surface area contributed by atoms with Gasteiger partial charge in [0.25, 0.3) is 0 Å². The van der Waals surface area contributed by atoms with Crippen LogP contribution in [0.2, 0.25) is 5.02 Å². The second-order valence-electron chi connectivity index (χ2n) is 3.57. The van der Waals surface area contributed by atoms with Crippen molar-refractivity contribution in [2.45, 2.75) is 6.54 Å². The van der Waals surface area contributed by atoms with E-state index in [2.05, 4.69) is 15.3 Å². The number of ether oxygens (including phenoxy) is 1. The lowest BCUT2D eigenvalue weighted by atomic mass is 10.2. The number of H-pyrrole nitrogens is 1. The van der Waals surface area contributed by atoms with E-state index in [1.807, 2.05) is 0 Å². The lowest BCUT2D eigenvalue weighted by molar-refractivity contribution is 0.0602. The third-order valence-corrected chi connectivity index (χ3v) is 2.62. The largest absolute Gasteiger partial charge is 0.465 e. The first-order valence-electron chi connectivity index (χ1n) is 5.30. The Hall–Kier alpha value is -2.01. The van der Waals surface area contributed by atoms with Gasteiger partial charge in [0, 0.05) is 17.4 Å². The molecule has 0 aliphatic carbocycles. The number of nitrogens with zero attached hydrogens (tertiary/aromatic N) is 1. The maximum absolute atomic E-state index is 11.6. The van der Waals surface area contributed by atoms with Gasteiger partial charge in [0.15, 0.2) is 0 Å². The number of benzene rings is 1. The Morgan fingerprint density at radius 2 is 2.39 bits per heavy atom. The van der Waals surface area contributed by atoms with E-state index in [1.54, 1.807) is 30.6 Å². The summed E-state index contributed by atoms with van der Waals surface area (Å²) in [7, 11) is 1.34. The zero-order valence-electron chi connectivity index (χ0n) is 9.74. The predicted octanol–water partition coefficient (Wildman–Crippen LogP) is 2.46. The minimum absolute atomic E-state index is 0.409. The van der Waals surface area contributed by atoms with Crippen LogP contribution < -0.4 is 5.32 Å². The lowest BCUT2D eigenvalue weighted by Gasteiger charge is -2.10. The van der Waals surface area contributed by atoms with Crippen molar-refractivity contribution in [1.29, 1.82) is 0 Å². The van der Waals surface area contributed by atoms with Crippen LogP contribution in [0.25, 0.3) is 0 Å². The molecule has 1 aromatic heterocycles. The Labute approximate surface area is 109 Å². The Morgan fingerprint density at radius 3 is 3.06 bits per heavy atom. The van der Waals surface area contributed by atoms with Crippen molar-refractivity contribution in [3.05, 3.63) is 47.0 Å². The summed E-state index contributed by atoms with van der Waals surface area (Å²) in [5, 5.41) is 3.64. The van der Waals surface area contributed by atoms with E-state index >= 15 is 0 Å². The highest BCUT2D eigenvalue weighted by molar-refractivity contribution is 6.31. The third-order valence-electron chi connectivity index (χ3n) is 2.39. The molecule has 0 spiro atoms. The highest BCUT2D eigenvalue weighted by Crippen LogP contribution is 2.22. The summed E-state index contributed by atoms with van der Waals surface area (Å²) in [6.45, 7) is 0.470. The second-order valence-corrected chi connectivity index (χ2v) is 4.01. The van der Waals surface area contributed by atoms with E-state index in [0.717, 1.165) is 5.82 Å². The van der Waals surface area contributed by atoms with Crippen molar-refractivity contribution in [3.8, 4) is 0 Å². The molecule has 0 aliphatic heterocycles. The smallest absolute Gasteiger partial charge is 0.339 e. The van der Waals surface area contributed by atoms with Crippen molar-refractivity contribution in [3.63, 3.8) is 0 Å². The standard InChI is InChI=1S/C12H12ClN3O2/c1-18-12(17)9-3-2-8(13)6-10(9)16-7-11-14-4-5-15-11/h2-6,16H,7H2,1H3,(H,14,15). The van der Waals surface area contributed by atoms with E-state index in [1.165, 1.54) is 7.11 Å². The van der Waals surface area contributed by atoms with Gasteiger partial charge in [-0.25, -0.2) is 9.78 Å². The molecule has 1 aromatic carbocycles. The average Bonchev–Trinajstić information content (AvgIpc) is 2.88. The lowest BCUT2D eigenvalue weighted by Crippen LogP contribution is -2.08. The summed E-state index contributed by atoms with van der Waals surface area (Å²) in [6.07, 6.45) is 3.40. The maximum atomic E-state index is 11.6. The molecule has 2 aromatic rings. The van der Waals surface area contributed by atoms with Gasteiger partial charge < -0.3 is 15.0 Å². The molecule has 0 atom stereocenters. The molecule has 0 saturated heterocycles. The zero-order valence-corrected chi connectivity index (χ0v) is 10.5. The molecule has 18 heavy (non-hydrogen) atoms. The van der Waals surface area contributed by atoms with Gasteiger partial charge in [-0.3, -0.25) is 0 Å². The molecule has 0 fully saturated rings. The molecule has 1 heterocycles. The summed E-state index contributed by atoms with van der Waals surface area (Å²) >= 11 is 5.91. The molecule has 2 N–H and O–H groups in total. The SMILES string of the molecule is COC(=O)c1ccc(Cl)cc1NCc1ncc[nH]1. The number of carbonyl (C=O) groups excluding carboxylic acids is 1. The van der Waals surface area contributed by atoms with Crippen LogP contribution in [0.4, 0.5) is 5.69 Å². The van der Waals surface area contributed by atoms with E-state index in [9.17, 15) is 4.79 Å². The van der Waals surface area contributed by atoms with Crippen LogP contribution >= 0.6 is 11.6 Å². The van der Waals surface area contributed by atoms with Crippen molar-refractivity contribution >= 4 is 23.3 Å². The van der Waals surface area contributed by atoms with Crippen molar-refractivity contribution in [2.75, 3.05) is 12.4 Å². The molecule has 2 rings (SSSR count). The van der Waals surface area contributed by atoms with Gasteiger partial charge in [0.05, 0.1) is 24.9 Å². The van der Waals surface area contributed by atoms with Crippen molar-refractivity contribution in [2.24, 2.45) is 0 Å². The summed E-state index contributed by atoms with van der Waals surface area (Å²) in [4.78, 5) is 18.6. The fourth-order valence-corrected chi connectivity index (χ4v) is 1.70. The molecule has 0 amide bonds. The first-order chi connectivity index (χ1) is 8.70. The monoisotopic (exact) mass is 265 g/mol. The second kappa shape index (κ2) is 5.55. The number of anilines is 1. The number of methoxy groups -OCH3 is 1. The van der Waals surface area contributed by atoms with Gasteiger partial charge in [-0.15, -0.1) is 0 Å². The normalized spacial score (nSPS) is 10.1. The van der Waals surface area contributed by atoms with Gasteiger partial charge in [-0.1, -0.05) is 11.6 Å². The molecule has 94 valence electrons. The van der Waals surface area contributed by atoms with E-state index < -0.39 is 5.97 Å². The molecule has 5 nitrogen and oxygen atoms in total. The molecular formula is C12H12ClN3O2. The van der Waals surface area contributed by atoms with Crippen LogP contribution in [0.5, 0.6) is 0 Å². The van der Waals surface area contributed by atoms with E-state index in [0.29, 0.717) is 22.8 Å². The molecule has 0 unspecified atom stereocenters. The summed E-state index contributed by atoms with van der Waals surface area (Å²) in [5.74, 6) is 0.361. The highest BCUT2D eigenvalue weighted by atomic mass is 35.5. The molecule has 0 radical (unpaired) electrons. The topological polar surface area (TPSA) is 67.0 Å². The fraction of sp³-hybridized carbons (Fsp3) is 0.167. The summed E-state index contributed by atoms with van der Waals surface area (Å²) < 4.78 is 4.71. The quantitative estimate of drug-likeness (QED) is 0.834. The van der Waals surface area contributed by atoms with E-state index in [4.69, 9.17) is 16.3 Å². The zero-order chi connectivity index (χ0) is 13.0. The van der Waals surface area contributed by atoms with Crippen molar-refractivity contribution in [1.82, 2.24) is 9.97 Å². The number of esters is 1. The van der Waals surface area contributed by atoms with Crippen LogP contribution in [-0.2, 0) is 11.3 Å². The van der Waals surface area contributed by atoms with Gasteiger partial charge >= 0.3 is 5.97 Å². The number of nitrogens with one attached hydrogen (secondary N) is 2. The molecule has 0 bridgehead atoms. The van der Waals surface area contributed by atoms with Crippen LogP contribution in [0, 0.1) is 0 Å².